The van der Waals surface area contributed by atoms with Crippen molar-refractivity contribution in [1.29, 1.82) is 0 Å². The summed E-state index contributed by atoms with van der Waals surface area (Å²) in [6.07, 6.45) is 1.34. The highest BCUT2D eigenvalue weighted by molar-refractivity contribution is 6.01. The summed E-state index contributed by atoms with van der Waals surface area (Å²) in [4.78, 5) is 39.8. The molecule has 124 valence electrons. The van der Waals surface area contributed by atoms with Crippen LogP contribution in [0.4, 0.5) is 0 Å². The van der Waals surface area contributed by atoms with Gasteiger partial charge >= 0.3 is 5.97 Å². The van der Waals surface area contributed by atoms with Crippen LogP contribution in [-0.4, -0.2) is 49.1 Å². The zero-order valence-corrected chi connectivity index (χ0v) is 13.2. The Bertz CT molecular complexity index is 1000. The van der Waals surface area contributed by atoms with Gasteiger partial charge in [0.05, 0.1) is 17.1 Å². The fourth-order valence-electron chi connectivity index (χ4n) is 2.62. The Hall–Kier alpha value is -3.16. The van der Waals surface area contributed by atoms with Gasteiger partial charge in [-0.3, -0.25) is 14.4 Å². The molecule has 2 N–H and O–H groups in total. The highest BCUT2D eigenvalue weighted by Crippen LogP contribution is 2.16. The minimum Gasteiger partial charge on any atom is -0.480 e. The van der Waals surface area contributed by atoms with Gasteiger partial charge in [-0.15, -0.1) is 0 Å². The summed E-state index contributed by atoms with van der Waals surface area (Å²) >= 11 is 0. The number of H-pyrrole nitrogens is 1. The van der Waals surface area contributed by atoms with Gasteiger partial charge in [0.15, 0.2) is 0 Å². The molecular weight excluding hydrogens is 312 g/mol. The number of carbonyl (C=O) groups excluding carboxylic acids is 1. The summed E-state index contributed by atoms with van der Waals surface area (Å²) < 4.78 is 1.48. The number of aliphatic carboxylic acids is 1. The van der Waals surface area contributed by atoms with Crippen LogP contribution < -0.4 is 5.56 Å². The number of carboxylic acids is 1. The number of carboxylic acid groups (broad SMARTS) is 1. The summed E-state index contributed by atoms with van der Waals surface area (Å²) in [5.41, 5.74) is 0.652. The standard InChI is InChI=1S/C16H16N4O4/c1-9(2)19(8-13(21)22)16(24)11-7-17-20-12-6-4-3-5-10(12)15(23)18-14(11)20/h3-7,9H,8H2,1-2H3,(H,18,23)(H,21,22). The molecule has 0 aliphatic heterocycles. The molecule has 2 heterocycles. The summed E-state index contributed by atoms with van der Waals surface area (Å²) in [7, 11) is 0. The van der Waals surface area contributed by atoms with Gasteiger partial charge in [0.25, 0.3) is 11.5 Å². The molecule has 2 aromatic heterocycles. The third kappa shape index (κ3) is 2.51. The summed E-state index contributed by atoms with van der Waals surface area (Å²) in [5.74, 6) is -1.60. The van der Waals surface area contributed by atoms with Crippen molar-refractivity contribution in [3.63, 3.8) is 0 Å². The smallest absolute Gasteiger partial charge is 0.323 e. The van der Waals surface area contributed by atoms with Crippen molar-refractivity contribution < 1.29 is 14.7 Å². The van der Waals surface area contributed by atoms with Crippen molar-refractivity contribution in [2.75, 3.05) is 6.54 Å². The largest absolute Gasteiger partial charge is 0.480 e. The normalized spacial score (nSPS) is 11.3. The quantitative estimate of drug-likeness (QED) is 0.746. The van der Waals surface area contributed by atoms with Crippen LogP contribution in [0.3, 0.4) is 0 Å². The molecule has 0 spiro atoms. The SMILES string of the molecule is CC(C)N(CC(=O)O)C(=O)c1cnn2c1[nH]c(=O)c1ccccc12. The van der Waals surface area contributed by atoms with E-state index in [1.807, 2.05) is 0 Å². The van der Waals surface area contributed by atoms with Gasteiger partial charge in [-0.2, -0.15) is 5.10 Å². The van der Waals surface area contributed by atoms with Crippen LogP contribution in [0, 0.1) is 0 Å². The second-order valence-electron chi connectivity index (χ2n) is 5.71. The Balaban J connectivity index is 2.18. The van der Waals surface area contributed by atoms with E-state index in [1.165, 1.54) is 15.6 Å². The van der Waals surface area contributed by atoms with Gasteiger partial charge in [0.2, 0.25) is 0 Å². The molecule has 3 aromatic rings. The summed E-state index contributed by atoms with van der Waals surface area (Å²) in [5, 5.41) is 13.6. The lowest BCUT2D eigenvalue weighted by atomic mass is 10.2. The molecule has 0 aliphatic carbocycles. The van der Waals surface area contributed by atoms with E-state index in [1.54, 1.807) is 38.1 Å². The lowest BCUT2D eigenvalue weighted by Gasteiger charge is -2.24. The Kier molecular flexibility index (Phi) is 3.80. The molecule has 8 nitrogen and oxygen atoms in total. The van der Waals surface area contributed by atoms with Crippen LogP contribution >= 0.6 is 0 Å². The minimum atomic E-state index is -1.10. The highest BCUT2D eigenvalue weighted by Gasteiger charge is 2.25. The third-order valence-corrected chi connectivity index (χ3v) is 3.80. The average molecular weight is 328 g/mol. The van der Waals surface area contributed by atoms with E-state index in [4.69, 9.17) is 5.11 Å². The Morgan fingerprint density at radius 2 is 2.04 bits per heavy atom. The van der Waals surface area contributed by atoms with Crippen LogP contribution in [0.25, 0.3) is 16.6 Å². The first kappa shape index (κ1) is 15.7. The van der Waals surface area contributed by atoms with Crippen molar-refractivity contribution in [3.05, 3.63) is 46.4 Å². The van der Waals surface area contributed by atoms with Gasteiger partial charge in [-0.25, -0.2) is 4.52 Å². The van der Waals surface area contributed by atoms with E-state index in [9.17, 15) is 14.4 Å². The number of benzene rings is 1. The van der Waals surface area contributed by atoms with E-state index < -0.39 is 18.4 Å². The van der Waals surface area contributed by atoms with Crippen LogP contribution in [0.5, 0.6) is 0 Å². The van der Waals surface area contributed by atoms with E-state index in [0.29, 0.717) is 10.9 Å². The molecule has 3 rings (SSSR count). The Morgan fingerprint density at radius 3 is 2.71 bits per heavy atom. The Morgan fingerprint density at radius 1 is 1.33 bits per heavy atom. The number of nitrogens with zero attached hydrogens (tertiary/aromatic N) is 3. The van der Waals surface area contributed by atoms with Crippen LogP contribution in [-0.2, 0) is 4.79 Å². The fourth-order valence-corrected chi connectivity index (χ4v) is 2.62. The number of hydrogen-bond acceptors (Lipinski definition) is 4. The van der Waals surface area contributed by atoms with Crippen molar-refractivity contribution in [2.45, 2.75) is 19.9 Å². The molecule has 0 saturated carbocycles. The number of amides is 1. The molecular formula is C16H16N4O4. The van der Waals surface area contributed by atoms with Crippen molar-refractivity contribution in [1.82, 2.24) is 19.5 Å². The maximum Gasteiger partial charge on any atom is 0.323 e. The second-order valence-corrected chi connectivity index (χ2v) is 5.71. The van der Waals surface area contributed by atoms with Gasteiger partial charge in [-0.05, 0) is 26.0 Å². The monoisotopic (exact) mass is 328 g/mol. The lowest BCUT2D eigenvalue weighted by molar-refractivity contribution is -0.138. The van der Waals surface area contributed by atoms with E-state index >= 15 is 0 Å². The number of carbonyl (C=O) groups is 2. The number of rotatable bonds is 4. The summed E-state index contributed by atoms with van der Waals surface area (Å²) in [6, 6.07) is 6.61. The zero-order valence-electron chi connectivity index (χ0n) is 13.2. The van der Waals surface area contributed by atoms with E-state index in [-0.39, 0.29) is 22.8 Å². The molecule has 0 bridgehead atoms. The molecule has 0 radical (unpaired) electrons. The number of hydrogen-bond donors (Lipinski definition) is 2. The first-order valence-electron chi connectivity index (χ1n) is 7.41. The number of para-hydroxylation sites is 1. The topological polar surface area (TPSA) is 108 Å². The van der Waals surface area contributed by atoms with Crippen molar-refractivity contribution >= 4 is 28.4 Å². The van der Waals surface area contributed by atoms with Crippen LogP contribution in [0.15, 0.2) is 35.3 Å². The van der Waals surface area contributed by atoms with E-state index in [2.05, 4.69) is 10.1 Å². The molecule has 1 amide bonds. The van der Waals surface area contributed by atoms with Crippen molar-refractivity contribution in [3.8, 4) is 0 Å². The van der Waals surface area contributed by atoms with Gasteiger partial charge in [0.1, 0.15) is 17.8 Å². The van der Waals surface area contributed by atoms with Gasteiger partial charge in [0, 0.05) is 6.04 Å². The predicted molar refractivity (Wildman–Crippen MR) is 87.1 cm³/mol. The lowest BCUT2D eigenvalue weighted by Crippen LogP contribution is -2.40. The molecule has 0 atom stereocenters. The first-order valence-corrected chi connectivity index (χ1v) is 7.41. The van der Waals surface area contributed by atoms with Gasteiger partial charge < -0.3 is 15.0 Å². The minimum absolute atomic E-state index is 0.160. The van der Waals surface area contributed by atoms with Gasteiger partial charge in [-0.1, -0.05) is 12.1 Å². The zero-order chi connectivity index (χ0) is 17.4. The molecule has 0 saturated heterocycles. The molecule has 1 aromatic carbocycles. The first-order chi connectivity index (χ1) is 11.4. The third-order valence-electron chi connectivity index (χ3n) is 3.80. The molecule has 0 unspecified atom stereocenters. The maximum absolute atomic E-state index is 12.7. The maximum atomic E-state index is 12.7. The Labute approximate surface area is 136 Å². The summed E-state index contributed by atoms with van der Waals surface area (Å²) in [6.45, 7) is 3.03. The van der Waals surface area contributed by atoms with E-state index in [0.717, 1.165) is 0 Å². The molecule has 0 fully saturated rings. The highest BCUT2D eigenvalue weighted by atomic mass is 16.4. The number of aromatic amines is 1. The number of aromatic nitrogens is 3. The van der Waals surface area contributed by atoms with Crippen LogP contribution in [0.2, 0.25) is 0 Å². The molecule has 8 heteroatoms. The van der Waals surface area contributed by atoms with Crippen LogP contribution in [0.1, 0.15) is 24.2 Å². The van der Waals surface area contributed by atoms with Crippen molar-refractivity contribution in [2.24, 2.45) is 0 Å². The number of nitrogens with one attached hydrogen (secondary N) is 1. The molecule has 0 aliphatic rings. The number of fused-ring (bicyclic) bond motifs is 3. The predicted octanol–water partition coefficient (Wildman–Crippen LogP) is 1.11. The molecule has 24 heavy (non-hydrogen) atoms. The fraction of sp³-hybridized carbons (Fsp3) is 0.250. The average Bonchev–Trinajstić information content (AvgIpc) is 2.95. The second kappa shape index (κ2) is 5.80.